The fourth-order valence-corrected chi connectivity index (χ4v) is 7.00. The van der Waals surface area contributed by atoms with E-state index in [-0.39, 0.29) is 19.4 Å². The fraction of sp³-hybridized carbons (Fsp3) is 0.267. The van der Waals surface area contributed by atoms with Gasteiger partial charge in [-0.15, -0.1) is 11.3 Å². The van der Waals surface area contributed by atoms with E-state index in [4.69, 9.17) is 5.26 Å². The lowest BCUT2D eigenvalue weighted by atomic mass is 10.3. The molecular formula is C15H15N3O4S3. The highest BCUT2D eigenvalue weighted by Gasteiger charge is 2.29. The van der Waals surface area contributed by atoms with Gasteiger partial charge in [-0.25, -0.2) is 21.6 Å². The second-order valence-electron chi connectivity index (χ2n) is 5.54. The quantitative estimate of drug-likeness (QED) is 0.765. The highest BCUT2D eigenvalue weighted by Crippen LogP contribution is 2.30. The zero-order valence-electron chi connectivity index (χ0n) is 13.0. The van der Waals surface area contributed by atoms with Gasteiger partial charge in [0, 0.05) is 19.1 Å². The highest BCUT2D eigenvalue weighted by atomic mass is 32.3. The molecule has 1 unspecified atom stereocenters. The van der Waals surface area contributed by atoms with Gasteiger partial charge in [-0.05, 0) is 30.7 Å². The predicted octanol–water partition coefficient (Wildman–Crippen LogP) is 1.41. The Balaban J connectivity index is 1.83. The predicted molar refractivity (Wildman–Crippen MR) is 92.1 cm³/mol. The second-order valence-corrected chi connectivity index (χ2v) is 10.7. The van der Waals surface area contributed by atoms with Crippen LogP contribution < -0.4 is 4.72 Å². The Kier molecular flexibility index (Phi) is 4.83. The number of sulfone groups is 1. The standard InChI is InChI=1S/C15H15N3O4S3/c16-11-18-9-8-12(10-18)17-25(21,22)15-7-6-14(23-15)24(19,20)13-4-2-1-3-5-13/h1-7,12,17H,8-10H2. The van der Waals surface area contributed by atoms with E-state index in [9.17, 15) is 16.8 Å². The van der Waals surface area contributed by atoms with Crippen molar-refractivity contribution in [2.75, 3.05) is 13.1 Å². The Morgan fingerprint density at radius 3 is 2.40 bits per heavy atom. The molecule has 7 nitrogen and oxygen atoms in total. The number of nitriles is 1. The second kappa shape index (κ2) is 6.76. The maximum absolute atomic E-state index is 12.6. The Labute approximate surface area is 150 Å². The third-order valence-corrected chi connectivity index (χ3v) is 9.15. The zero-order chi connectivity index (χ0) is 18.1. The summed E-state index contributed by atoms with van der Waals surface area (Å²) >= 11 is 0.714. The molecule has 0 radical (unpaired) electrons. The summed E-state index contributed by atoms with van der Waals surface area (Å²) in [6, 6.07) is 10.1. The maximum Gasteiger partial charge on any atom is 0.250 e. The monoisotopic (exact) mass is 397 g/mol. The van der Waals surface area contributed by atoms with E-state index in [1.165, 1.54) is 29.2 Å². The van der Waals surface area contributed by atoms with Crippen LogP contribution in [0.4, 0.5) is 0 Å². The van der Waals surface area contributed by atoms with Crippen LogP contribution in [0.15, 0.2) is 55.8 Å². The first kappa shape index (κ1) is 17.9. The molecular weight excluding hydrogens is 382 g/mol. The lowest BCUT2D eigenvalue weighted by Gasteiger charge is -2.11. The van der Waals surface area contributed by atoms with E-state index in [1.807, 2.05) is 6.19 Å². The molecule has 132 valence electrons. The van der Waals surface area contributed by atoms with Crippen LogP contribution in [0.5, 0.6) is 0 Å². The van der Waals surface area contributed by atoms with Crippen LogP contribution in [0.3, 0.4) is 0 Å². The third-order valence-electron chi connectivity index (χ3n) is 3.79. The molecule has 1 aliphatic rings. The number of thiophene rings is 1. The van der Waals surface area contributed by atoms with Crippen molar-refractivity contribution in [1.82, 2.24) is 9.62 Å². The van der Waals surface area contributed by atoms with Gasteiger partial charge in [-0.2, -0.15) is 5.26 Å². The first-order valence-corrected chi connectivity index (χ1v) is 11.2. The van der Waals surface area contributed by atoms with Gasteiger partial charge < -0.3 is 4.90 Å². The molecule has 1 aromatic heterocycles. The molecule has 2 aromatic rings. The lowest BCUT2D eigenvalue weighted by Crippen LogP contribution is -2.36. The van der Waals surface area contributed by atoms with Crippen LogP contribution in [0.1, 0.15) is 6.42 Å². The Bertz CT molecular complexity index is 1010. The summed E-state index contributed by atoms with van der Waals surface area (Å²) in [6.45, 7) is 0.817. The molecule has 0 saturated carbocycles. The van der Waals surface area contributed by atoms with Gasteiger partial charge in [-0.3, -0.25) is 0 Å². The molecule has 25 heavy (non-hydrogen) atoms. The number of likely N-dealkylation sites (tertiary alicyclic amines) is 1. The van der Waals surface area contributed by atoms with Crippen LogP contribution in [0.25, 0.3) is 0 Å². The summed E-state index contributed by atoms with van der Waals surface area (Å²) in [5.74, 6) is 0. The summed E-state index contributed by atoms with van der Waals surface area (Å²) < 4.78 is 52.5. The Morgan fingerprint density at radius 2 is 1.76 bits per heavy atom. The number of sulfonamides is 1. The van der Waals surface area contributed by atoms with E-state index < -0.39 is 19.9 Å². The van der Waals surface area contributed by atoms with Crippen LogP contribution in [-0.2, 0) is 19.9 Å². The van der Waals surface area contributed by atoms with Gasteiger partial charge >= 0.3 is 0 Å². The summed E-state index contributed by atoms with van der Waals surface area (Å²) in [5.41, 5.74) is 0. The molecule has 1 aromatic carbocycles. The summed E-state index contributed by atoms with van der Waals surface area (Å²) in [7, 11) is -7.57. The summed E-state index contributed by atoms with van der Waals surface area (Å²) in [4.78, 5) is 1.60. The minimum atomic E-state index is -3.83. The molecule has 0 aliphatic carbocycles. The molecule has 0 amide bonds. The Morgan fingerprint density at radius 1 is 1.08 bits per heavy atom. The SMILES string of the molecule is N#CN1CCC(NS(=O)(=O)c2ccc(S(=O)(=O)c3ccccc3)s2)C1. The number of nitrogens with one attached hydrogen (secondary N) is 1. The van der Waals surface area contributed by atoms with E-state index in [2.05, 4.69) is 4.72 Å². The van der Waals surface area contributed by atoms with Gasteiger partial charge in [-0.1, -0.05) is 18.2 Å². The minimum absolute atomic E-state index is 0.0239. The van der Waals surface area contributed by atoms with Crippen LogP contribution in [0.2, 0.25) is 0 Å². The summed E-state index contributed by atoms with van der Waals surface area (Å²) in [5, 5.41) is 8.83. The van der Waals surface area contributed by atoms with Gasteiger partial charge in [0.15, 0.2) is 6.19 Å². The lowest BCUT2D eigenvalue weighted by molar-refractivity contribution is 0.470. The van der Waals surface area contributed by atoms with E-state index in [1.54, 1.807) is 18.2 Å². The first-order chi connectivity index (χ1) is 11.8. The van der Waals surface area contributed by atoms with Crippen molar-refractivity contribution in [1.29, 1.82) is 5.26 Å². The topological polar surface area (TPSA) is 107 Å². The van der Waals surface area contributed by atoms with Gasteiger partial charge in [0.2, 0.25) is 19.9 Å². The summed E-state index contributed by atoms with van der Waals surface area (Å²) in [6.07, 6.45) is 2.52. The van der Waals surface area contributed by atoms with Gasteiger partial charge in [0.05, 0.1) is 4.90 Å². The molecule has 1 saturated heterocycles. The van der Waals surface area contributed by atoms with Gasteiger partial charge in [0.1, 0.15) is 8.42 Å². The van der Waals surface area contributed by atoms with Crippen LogP contribution in [-0.4, -0.2) is 40.9 Å². The van der Waals surface area contributed by atoms with Crippen molar-refractivity contribution in [3.8, 4) is 6.19 Å². The minimum Gasteiger partial charge on any atom is -0.309 e. The molecule has 3 rings (SSSR count). The molecule has 0 bridgehead atoms. The fourth-order valence-electron chi connectivity index (χ4n) is 2.53. The molecule has 1 N–H and O–H groups in total. The van der Waals surface area contributed by atoms with Crippen LogP contribution in [0, 0.1) is 11.5 Å². The van der Waals surface area contributed by atoms with Crippen molar-refractivity contribution in [3.63, 3.8) is 0 Å². The van der Waals surface area contributed by atoms with Crippen molar-refractivity contribution in [3.05, 3.63) is 42.5 Å². The molecule has 0 spiro atoms. The van der Waals surface area contributed by atoms with E-state index in [0.717, 1.165) is 0 Å². The van der Waals surface area contributed by atoms with Crippen molar-refractivity contribution < 1.29 is 16.8 Å². The normalized spacial score (nSPS) is 18.2. The number of hydrogen-bond donors (Lipinski definition) is 1. The van der Waals surface area contributed by atoms with Crippen molar-refractivity contribution >= 4 is 31.2 Å². The number of hydrogen-bond acceptors (Lipinski definition) is 7. The third kappa shape index (κ3) is 3.69. The largest absolute Gasteiger partial charge is 0.309 e. The van der Waals surface area contributed by atoms with Crippen LogP contribution >= 0.6 is 11.3 Å². The zero-order valence-corrected chi connectivity index (χ0v) is 15.4. The average Bonchev–Trinajstić information content (AvgIpc) is 3.25. The maximum atomic E-state index is 12.6. The first-order valence-electron chi connectivity index (χ1n) is 7.40. The molecule has 10 heteroatoms. The molecule has 1 fully saturated rings. The molecule has 2 heterocycles. The number of rotatable bonds is 5. The number of nitrogens with zero attached hydrogens (tertiary/aromatic N) is 2. The smallest absolute Gasteiger partial charge is 0.250 e. The van der Waals surface area contributed by atoms with E-state index in [0.29, 0.717) is 30.8 Å². The molecule has 1 atom stereocenters. The highest BCUT2D eigenvalue weighted by molar-refractivity contribution is 7.95. The Hall–Kier alpha value is -1.93. The van der Waals surface area contributed by atoms with E-state index >= 15 is 0 Å². The number of benzene rings is 1. The van der Waals surface area contributed by atoms with Crippen molar-refractivity contribution in [2.45, 2.75) is 25.8 Å². The van der Waals surface area contributed by atoms with Crippen molar-refractivity contribution in [2.24, 2.45) is 0 Å². The molecule has 1 aliphatic heterocycles. The van der Waals surface area contributed by atoms with Gasteiger partial charge in [0.25, 0.3) is 0 Å². The average molecular weight is 398 g/mol.